The summed E-state index contributed by atoms with van der Waals surface area (Å²) in [6.07, 6.45) is 4.01. The van der Waals surface area contributed by atoms with Crippen molar-refractivity contribution >= 4 is 28.1 Å². The summed E-state index contributed by atoms with van der Waals surface area (Å²) in [4.78, 5) is 8.24. The normalized spacial score (nSPS) is 11.1. The molecule has 6 heteroatoms. The molecule has 144 valence electrons. The molecule has 6 nitrogen and oxygen atoms in total. The lowest BCUT2D eigenvalue weighted by Crippen LogP contribution is -1.98. The van der Waals surface area contributed by atoms with Crippen molar-refractivity contribution in [2.75, 3.05) is 19.5 Å². The molecule has 3 heterocycles. The van der Waals surface area contributed by atoms with Crippen LogP contribution in [0, 0.1) is 0 Å². The summed E-state index contributed by atoms with van der Waals surface area (Å²) in [6, 6.07) is 20.0. The van der Waals surface area contributed by atoms with Crippen molar-refractivity contribution in [3.05, 3.63) is 73.1 Å². The number of anilines is 2. The van der Waals surface area contributed by atoms with Crippen molar-refractivity contribution in [3.63, 3.8) is 0 Å². The molecule has 0 aliphatic rings. The van der Waals surface area contributed by atoms with Gasteiger partial charge in [0.25, 0.3) is 0 Å². The first-order valence-corrected chi connectivity index (χ1v) is 9.31. The molecule has 0 bridgehead atoms. The highest BCUT2D eigenvalue weighted by Gasteiger charge is 2.18. The van der Waals surface area contributed by atoms with Crippen LogP contribution in [0.4, 0.5) is 11.5 Å². The second-order valence-corrected chi connectivity index (χ2v) is 6.68. The quantitative estimate of drug-likeness (QED) is 0.435. The highest BCUT2D eigenvalue weighted by molar-refractivity contribution is 5.98. The lowest BCUT2D eigenvalue weighted by atomic mass is 10.1. The Hall–Kier alpha value is -3.93. The molecule has 5 aromatic rings. The Balaban J connectivity index is 1.68. The zero-order valence-electron chi connectivity index (χ0n) is 16.1. The predicted octanol–water partition coefficient (Wildman–Crippen LogP) is 5.24. The van der Waals surface area contributed by atoms with Gasteiger partial charge in [0, 0.05) is 40.6 Å². The van der Waals surface area contributed by atoms with Crippen LogP contribution in [-0.2, 0) is 0 Å². The minimum absolute atomic E-state index is 0.667. The van der Waals surface area contributed by atoms with E-state index in [2.05, 4.69) is 22.4 Å². The first kappa shape index (κ1) is 17.2. The molecule has 0 unspecified atom stereocenters. The Bertz CT molecular complexity index is 1320. The number of imidazole rings is 1. The van der Waals surface area contributed by atoms with Gasteiger partial charge in [-0.1, -0.05) is 24.3 Å². The predicted molar refractivity (Wildman–Crippen MR) is 115 cm³/mol. The number of nitrogens with one attached hydrogen (secondary N) is 2. The smallest absolute Gasteiger partial charge is 0.162 e. The SMILES string of the molecule is COc1ccc(Nc2c(-c3c[nH]c4ccccc34)nc3ccccn23)cc1OC. The van der Waals surface area contributed by atoms with E-state index in [1.54, 1.807) is 14.2 Å². The zero-order chi connectivity index (χ0) is 19.8. The summed E-state index contributed by atoms with van der Waals surface area (Å²) >= 11 is 0. The minimum atomic E-state index is 0.667. The highest BCUT2D eigenvalue weighted by Crippen LogP contribution is 2.37. The Morgan fingerprint density at radius 1 is 0.931 bits per heavy atom. The number of ether oxygens (including phenoxy) is 2. The van der Waals surface area contributed by atoms with E-state index in [-0.39, 0.29) is 0 Å². The fraction of sp³-hybridized carbons (Fsp3) is 0.0870. The average molecular weight is 384 g/mol. The van der Waals surface area contributed by atoms with Crippen molar-refractivity contribution in [1.82, 2.24) is 14.4 Å². The van der Waals surface area contributed by atoms with Gasteiger partial charge in [-0.2, -0.15) is 0 Å². The van der Waals surface area contributed by atoms with E-state index < -0.39 is 0 Å². The molecule has 2 N–H and O–H groups in total. The maximum Gasteiger partial charge on any atom is 0.162 e. The van der Waals surface area contributed by atoms with Gasteiger partial charge in [0.15, 0.2) is 11.5 Å². The standard InChI is InChI=1S/C23H20N4O2/c1-28-19-11-10-15(13-20(19)29-2)25-23-22(26-21-9-5-6-12-27(21)23)17-14-24-18-8-4-3-7-16(17)18/h3-14,24-25H,1-2H3. The molecule has 0 saturated heterocycles. The summed E-state index contributed by atoms with van der Waals surface area (Å²) < 4.78 is 12.9. The van der Waals surface area contributed by atoms with Crippen LogP contribution in [-0.4, -0.2) is 28.6 Å². The number of para-hydroxylation sites is 1. The van der Waals surface area contributed by atoms with Gasteiger partial charge in [0.05, 0.1) is 14.2 Å². The summed E-state index contributed by atoms with van der Waals surface area (Å²) in [5.41, 5.74) is 4.76. The molecular weight excluding hydrogens is 364 g/mol. The third kappa shape index (κ3) is 2.86. The maximum absolute atomic E-state index is 5.45. The van der Waals surface area contributed by atoms with Crippen molar-refractivity contribution in [2.24, 2.45) is 0 Å². The van der Waals surface area contributed by atoms with Crippen LogP contribution in [0.3, 0.4) is 0 Å². The van der Waals surface area contributed by atoms with E-state index in [9.17, 15) is 0 Å². The molecule has 0 radical (unpaired) electrons. The molecule has 0 fully saturated rings. The van der Waals surface area contributed by atoms with Crippen molar-refractivity contribution < 1.29 is 9.47 Å². The van der Waals surface area contributed by atoms with Gasteiger partial charge in [-0.15, -0.1) is 0 Å². The van der Waals surface area contributed by atoms with Crippen LogP contribution in [0.1, 0.15) is 0 Å². The van der Waals surface area contributed by atoms with E-state index in [1.807, 2.05) is 65.3 Å². The molecule has 0 aliphatic heterocycles. The molecule has 5 rings (SSSR count). The maximum atomic E-state index is 5.45. The number of hydrogen-bond donors (Lipinski definition) is 2. The second kappa shape index (κ2) is 6.91. The summed E-state index contributed by atoms with van der Waals surface area (Å²) in [6.45, 7) is 0. The third-order valence-corrected chi connectivity index (χ3v) is 5.02. The molecule has 0 atom stereocenters. The Morgan fingerprint density at radius 2 is 1.76 bits per heavy atom. The van der Waals surface area contributed by atoms with E-state index in [1.165, 1.54) is 0 Å². The molecular formula is C23H20N4O2. The van der Waals surface area contributed by atoms with Gasteiger partial charge >= 0.3 is 0 Å². The largest absolute Gasteiger partial charge is 0.493 e. The van der Waals surface area contributed by atoms with Gasteiger partial charge in [0.1, 0.15) is 17.2 Å². The van der Waals surface area contributed by atoms with Gasteiger partial charge in [-0.3, -0.25) is 4.40 Å². The summed E-state index contributed by atoms with van der Waals surface area (Å²) in [7, 11) is 3.26. The van der Waals surface area contributed by atoms with Gasteiger partial charge in [-0.05, 0) is 30.3 Å². The van der Waals surface area contributed by atoms with Crippen LogP contribution in [0.2, 0.25) is 0 Å². The van der Waals surface area contributed by atoms with Crippen LogP contribution in [0.5, 0.6) is 11.5 Å². The Kier molecular flexibility index (Phi) is 4.09. The number of fused-ring (bicyclic) bond motifs is 2. The number of pyridine rings is 1. The monoisotopic (exact) mass is 384 g/mol. The van der Waals surface area contributed by atoms with Crippen LogP contribution >= 0.6 is 0 Å². The van der Waals surface area contributed by atoms with E-state index in [4.69, 9.17) is 14.5 Å². The lowest BCUT2D eigenvalue weighted by molar-refractivity contribution is 0.355. The van der Waals surface area contributed by atoms with Crippen LogP contribution in [0.25, 0.3) is 27.8 Å². The molecule has 29 heavy (non-hydrogen) atoms. The van der Waals surface area contributed by atoms with Crippen molar-refractivity contribution in [2.45, 2.75) is 0 Å². The second-order valence-electron chi connectivity index (χ2n) is 6.68. The summed E-state index contributed by atoms with van der Waals surface area (Å²) in [5, 5.41) is 4.66. The van der Waals surface area contributed by atoms with Crippen LogP contribution < -0.4 is 14.8 Å². The fourth-order valence-corrected chi connectivity index (χ4v) is 3.62. The number of H-pyrrole nitrogens is 1. The molecule has 2 aromatic carbocycles. The fourth-order valence-electron chi connectivity index (χ4n) is 3.62. The first-order chi connectivity index (χ1) is 14.3. The number of benzene rings is 2. The van der Waals surface area contributed by atoms with Gasteiger partial charge in [0.2, 0.25) is 0 Å². The van der Waals surface area contributed by atoms with Crippen molar-refractivity contribution in [1.29, 1.82) is 0 Å². The molecule has 0 amide bonds. The first-order valence-electron chi connectivity index (χ1n) is 9.31. The van der Waals surface area contributed by atoms with Gasteiger partial charge < -0.3 is 19.8 Å². The van der Waals surface area contributed by atoms with Crippen LogP contribution in [0.15, 0.2) is 73.1 Å². The Morgan fingerprint density at radius 3 is 2.62 bits per heavy atom. The van der Waals surface area contributed by atoms with Gasteiger partial charge in [-0.25, -0.2) is 4.98 Å². The molecule has 3 aromatic heterocycles. The molecule has 0 aliphatic carbocycles. The molecule has 0 spiro atoms. The number of hydrogen-bond acceptors (Lipinski definition) is 4. The summed E-state index contributed by atoms with van der Waals surface area (Å²) in [5.74, 6) is 2.24. The Labute approximate surface area is 167 Å². The van der Waals surface area contributed by atoms with Crippen molar-refractivity contribution in [3.8, 4) is 22.8 Å². The topological polar surface area (TPSA) is 63.6 Å². The number of rotatable bonds is 5. The highest BCUT2D eigenvalue weighted by atomic mass is 16.5. The minimum Gasteiger partial charge on any atom is -0.493 e. The average Bonchev–Trinajstić information content (AvgIpc) is 3.35. The zero-order valence-corrected chi connectivity index (χ0v) is 16.1. The van der Waals surface area contributed by atoms with E-state index in [0.717, 1.165) is 39.3 Å². The number of aromatic nitrogens is 3. The molecule has 0 saturated carbocycles. The van der Waals surface area contributed by atoms with E-state index >= 15 is 0 Å². The number of nitrogens with zero attached hydrogens (tertiary/aromatic N) is 2. The van der Waals surface area contributed by atoms with E-state index in [0.29, 0.717) is 11.5 Å². The number of methoxy groups -OCH3 is 2. The third-order valence-electron chi connectivity index (χ3n) is 5.02. The number of aromatic amines is 1. The lowest BCUT2D eigenvalue weighted by Gasteiger charge is -2.12.